The number of alkyl carbamates (subject to hydrolysis) is 1. The van der Waals surface area contributed by atoms with Gasteiger partial charge >= 0.3 is 12.1 Å². The van der Waals surface area contributed by atoms with Crippen LogP contribution in [0.1, 0.15) is 41.0 Å². The number of esters is 1. The average molecular weight is 274 g/mol. The van der Waals surface area contributed by atoms with Crippen molar-refractivity contribution < 1.29 is 19.1 Å². The van der Waals surface area contributed by atoms with Crippen molar-refractivity contribution >= 4 is 12.1 Å². The Morgan fingerprint density at radius 1 is 1.05 bits per heavy atom. The van der Waals surface area contributed by atoms with Gasteiger partial charge in [0.15, 0.2) is 0 Å². The van der Waals surface area contributed by atoms with Crippen LogP contribution >= 0.6 is 0 Å². The largest absolute Gasteiger partial charge is 0.468 e. The lowest BCUT2D eigenvalue weighted by Crippen LogP contribution is -2.48. The molecule has 0 bridgehead atoms. The molecule has 0 saturated heterocycles. The molecular formula is C13H26N2O4. The quantitative estimate of drug-likeness (QED) is 0.566. The van der Waals surface area contributed by atoms with E-state index in [1.165, 1.54) is 7.11 Å². The molecule has 0 fully saturated rings. The van der Waals surface area contributed by atoms with E-state index in [9.17, 15) is 9.59 Å². The minimum atomic E-state index is -0.722. The highest BCUT2D eigenvalue weighted by molar-refractivity contribution is 5.79. The predicted molar refractivity (Wildman–Crippen MR) is 73.0 cm³/mol. The van der Waals surface area contributed by atoms with Crippen molar-refractivity contribution in [1.29, 1.82) is 0 Å². The van der Waals surface area contributed by atoms with Crippen molar-refractivity contribution in [3.63, 3.8) is 0 Å². The van der Waals surface area contributed by atoms with E-state index in [1.54, 1.807) is 13.8 Å². The molecule has 19 heavy (non-hydrogen) atoms. The Morgan fingerprint density at radius 3 is 2.11 bits per heavy atom. The van der Waals surface area contributed by atoms with Crippen LogP contribution in [0.4, 0.5) is 4.79 Å². The van der Waals surface area contributed by atoms with Crippen molar-refractivity contribution in [3.05, 3.63) is 0 Å². The fourth-order valence-electron chi connectivity index (χ4n) is 1.32. The van der Waals surface area contributed by atoms with E-state index in [2.05, 4.69) is 15.4 Å². The van der Waals surface area contributed by atoms with Crippen molar-refractivity contribution in [2.75, 3.05) is 20.2 Å². The van der Waals surface area contributed by atoms with Gasteiger partial charge in [-0.05, 0) is 47.6 Å². The average Bonchev–Trinajstić information content (AvgIpc) is 2.24. The zero-order valence-electron chi connectivity index (χ0n) is 12.8. The Morgan fingerprint density at radius 2 is 1.63 bits per heavy atom. The van der Waals surface area contributed by atoms with Gasteiger partial charge in [0, 0.05) is 6.54 Å². The maximum absolute atomic E-state index is 11.4. The first kappa shape index (κ1) is 17.7. The van der Waals surface area contributed by atoms with Crippen LogP contribution < -0.4 is 10.6 Å². The molecule has 2 N–H and O–H groups in total. The third kappa shape index (κ3) is 8.42. The number of methoxy groups -OCH3 is 1. The monoisotopic (exact) mass is 274 g/mol. The van der Waals surface area contributed by atoms with Gasteiger partial charge in [0.25, 0.3) is 0 Å². The summed E-state index contributed by atoms with van der Waals surface area (Å²) < 4.78 is 9.77. The Labute approximate surface area is 115 Å². The number of nitrogens with one attached hydrogen (secondary N) is 2. The number of carbonyl (C=O) groups is 2. The third-order valence-corrected chi connectivity index (χ3v) is 2.28. The van der Waals surface area contributed by atoms with Gasteiger partial charge in [0.2, 0.25) is 0 Å². The highest BCUT2D eigenvalue weighted by atomic mass is 16.6. The van der Waals surface area contributed by atoms with Gasteiger partial charge in [-0.3, -0.25) is 4.79 Å². The summed E-state index contributed by atoms with van der Waals surface area (Å²) in [5.41, 5.74) is -1.21. The molecule has 0 aromatic carbocycles. The first-order chi connectivity index (χ1) is 8.58. The van der Waals surface area contributed by atoms with Gasteiger partial charge < -0.3 is 20.1 Å². The van der Waals surface area contributed by atoms with Gasteiger partial charge in [-0.2, -0.15) is 0 Å². The second-order valence-electron chi connectivity index (χ2n) is 5.83. The van der Waals surface area contributed by atoms with Crippen molar-refractivity contribution in [1.82, 2.24) is 10.6 Å². The second kappa shape index (κ2) is 7.33. The molecule has 0 atom stereocenters. The molecule has 0 aliphatic heterocycles. The smallest absolute Gasteiger partial charge is 0.407 e. The molecular weight excluding hydrogens is 248 g/mol. The summed E-state index contributed by atoms with van der Waals surface area (Å²) >= 11 is 0. The number of hydrogen-bond donors (Lipinski definition) is 2. The van der Waals surface area contributed by atoms with Gasteiger partial charge in [0.05, 0.1) is 7.11 Å². The van der Waals surface area contributed by atoms with Crippen molar-refractivity contribution in [2.45, 2.75) is 52.2 Å². The summed E-state index contributed by atoms with van der Waals surface area (Å²) in [5.74, 6) is -0.312. The molecule has 0 aromatic rings. The van der Waals surface area contributed by atoms with Crippen LogP contribution in [0.25, 0.3) is 0 Å². The molecule has 0 aliphatic rings. The van der Waals surface area contributed by atoms with Crippen LogP contribution in [0, 0.1) is 0 Å². The van der Waals surface area contributed by atoms with E-state index in [-0.39, 0.29) is 5.97 Å². The molecule has 112 valence electrons. The normalized spacial score (nSPS) is 11.9. The van der Waals surface area contributed by atoms with Crippen LogP contribution in [0.2, 0.25) is 0 Å². The summed E-state index contributed by atoms with van der Waals surface area (Å²) in [6.45, 7) is 10.0. The molecule has 0 unspecified atom stereocenters. The van der Waals surface area contributed by atoms with Gasteiger partial charge in [0.1, 0.15) is 11.1 Å². The summed E-state index contributed by atoms with van der Waals surface area (Å²) in [7, 11) is 1.36. The minimum absolute atomic E-state index is 0.312. The zero-order chi connectivity index (χ0) is 15.1. The fourth-order valence-corrected chi connectivity index (χ4v) is 1.32. The standard InChI is InChI=1S/C13H26N2O4/c1-12(2,3)19-11(17)14-8-7-9-15-13(4,5)10(16)18-6/h15H,7-9H2,1-6H3,(H,14,17). The maximum atomic E-state index is 11.4. The van der Waals surface area contributed by atoms with E-state index < -0.39 is 17.2 Å². The fraction of sp³-hybridized carbons (Fsp3) is 0.846. The van der Waals surface area contributed by atoms with Crippen LogP contribution in [-0.2, 0) is 14.3 Å². The summed E-state index contributed by atoms with van der Waals surface area (Å²) in [6, 6.07) is 0. The van der Waals surface area contributed by atoms with E-state index in [0.29, 0.717) is 19.5 Å². The molecule has 6 nitrogen and oxygen atoms in total. The predicted octanol–water partition coefficient (Wildman–Crippen LogP) is 1.44. The first-order valence-electron chi connectivity index (χ1n) is 6.39. The molecule has 6 heteroatoms. The van der Waals surface area contributed by atoms with Gasteiger partial charge in [-0.15, -0.1) is 0 Å². The van der Waals surface area contributed by atoms with Crippen LogP contribution in [0.5, 0.6) is 0 Å². The lowest BCUT2D eigenvalue weighted by molar-refractivity contribution is -0.147. The molecule has 0 rings (SSSR count). The number of hydrogen-bond acceptors (Lipinski definition) is 5. The lowest BCUT2D eigenvalue weighted by Gasteiger charge is -2.23. The van der Waals surface area contributed by atoms with E-state index in [1.807, 2.05) is 20.8 Å². The first-order valence-corrected chi connectivity index (χ1v) is 6.39. The number of ether oxygens (including phenoxy) is 2. The Balaban J connectivity index is 3.77. The van der Waals surface area contributed by atoms with E-state index in [0.717, 1.165) is 0 Å². The minimum Gasteiger partial charge on any atom is -0.468 e. The van der Waals surface area contributed by atoms with Crippen LogP contribution in [0.15, 0.2) is 0 Å². The highest BCUT2D eigenvalue weighted by Crippen LogP contribution is 2.06. The Hall–Kier alpha value is -1.30. The number of rotatable bonds is 6. The molecule has 0 aliphatic carbocycles. The van der Waals surface area contributed by atoms with Gasteiger partial charge in [-0.25, -0.2) is 4.79 Å². The van der Waals surface area contributed by atoms with Crippen LogP contribution in [-0.4, -0.2) is 43.4 Å². The van der Waals surface area contributed by atoms with Crippen LogP contribution in [0.3, 0.4) is 0 Å². The van der Waals surface area contributed by atoms with Gasteiger partial charge in [-0.1, -0.05) is 0 Å². The molecule has 0 saturated carbocycles. The Kier molecular flexibility index (Phi) is 6.83. The molecule has 0 radical (unpaired) electrons. The lowest BCUT2D eigenvalue weighted by atomic mass is 10.1. The number of amides is 1. The molecule has 0 aromatic heterocycles. The number of carbonyl (C=O) groups excluding carboxylic acids is 2. The third-order valence-electron chi connectivity index (χ3n) is 2.28. The summed E-state index contributed by atoms with van der Waals surface area (Å²) in [4.78, 5) is 22.7. The van der Waals surface area contributed by atoms with E-state index >= 15 is 0 Å². The zero-order valence-corrected chi connectivity index (χ0v) is 12.8. The molecule has 0 spiro atoms. The topological polar surface area (TPSA) is 76.7 Å². The SMILES string of the molecule is COC(=O)C(C)(C)NCCCNC(=O)OC(C)(C)C. The summed E-state index contributed by atoms with van der Waals surface area (Å²) in [5, 5.41) is 5.72. The van der Waals surface area contributed by atoms with Crippen molar-refractivity contribution in [3.8, 4) is 0 Å². The summed E-state index contributed by atoms with van der Waals surface area (Å²) in [6.07, 6.45) is 0.263. The van der Waals surface area contributed by atoms with Crippen molar-refractivity contribution in [2.24, 2.45) is 0 Å². The Bertz CT molecular complexity index is 308. The molecule has 1 amide bonds. The second-order valence-corrected chi connectivity index (χ2v) is 5.83. The van der Waals surface area contributed by atoms with E-state index in [4.69, 9.17) is 4.74 Å². The molecule has 0 heterocycles. The maximum Gasteiger partial charge on any atom is 0.407 e. The highest BCUT2D eigenvalue weighted by Gasteiger charge is 2.27.